The number of benzene rings is 3. The average molecular weight is 354 g/mol. The van der Waals surface area contributed by atoms with Gasteiger partial charge in [-0.2, -0.15) is 0 Å². The fourth-order valence-corrected chi connectivity index (χ4v) is 4.02. The SMILES string of the molecule is O=C(O)c1ccccc1P(=O)(Oc1ccccc1)Oc1ccccc1. The van der Waals surface area contributed by atoms with Crippen LogP contribution >= 0.6 is 7.60 Å². The van der Waals surface area contributed by atoms with Crippen LogP contribution in [0.5, 0.6) is 11.5 Å². The van der Waals surface area contributed by atoms with E-state index in [1.807, 2.05) is 0 Å². The standard InChI is InChI=1S/C19H15O5P/c20-19(21)17-13-7-8-14-18(17)25(22,23-15-9-3-1-4-10-15)24-16-11-5-2-6-12-16/h1-14H,(H,20,21). The first kappa shape index (κ1) is 16.8. The zero-order valence-corrected chi connectivity index (χ0v) is 14.0. The van der Waals surface area contributed by atoms with Gasteiger partial charge >= 0.3 is 13.6 Å². The number of aromatic carboxylic acids is 1. The van der Waals surface area contributed by atoms with E-state index in [1.54, 1.807) is 72.8 Å². The first-order chi connectivity index (χ1) is 12.1. The molecule has 0 amide bonds. The van der Waals surface area contributed by atoms with Crippen molar-refractivity contribution in [3.8, 4) is 11.5 Å². The third kappa shape index (κ3) is 3.90. The molecular weight excluding hydrogens is 339 g/mol. The summed E-state index contributed by atoms with van der Waals surface area (Å²) in [5.41, 5.74) is -0.127. The molecule has 1 N–H and O–H groups in total. The van der Waals surface area contributed by atoms with Crippen molar-refractivity contribution in [2.24, 2.45) is 0 Å². The smallest absolute Gasteiger partial charge is 0.463 e. The van der Waals surface area contributed by atoms with Crippen LogP contribution in [0, 0.1) is 0 Å². The fourth-order valence-electron chi connectivity index (χ4n) is 2.25. The van der Waals surface area contributed by atoms with Gasteiger partial charge in [0.2, 0.25) is 0 Å². The van der Waals surface area contributed by atoms with Gasteiger partial charge in [0.25, 0.3) is 0 Å². The van der Waals surface area contributed by atoms with Crippen LogP contribution in [-0.4, -0.2) is 11.1 Å². The van der Waals surface area contributed by atoms with E-state index in [2.05, 4.69) is 0 Å². The number of para-hydroxylation sites is 2. The molecule has 5 nitrogen and oxygen atoms in total. The minimum absolute atomic E-state index is 0.00444. The van der Waals surface area contributed by atoms with Crippen molar-refractivity contribution in [2.45, 2.75) is 0 Å². The molecule has 3 rings (SSSR count). The van der Waals surface area contributed by atoms with Crippen molar-refractivity contribution in [3.63, 3.8) is 0 Å². The lowest BCUT2D eigenvalue weighted by atomic mass is 10.2. The number of carboxylic acids is 1. The molecule has 0 spiro atoms. The largest absolute Gasteiger partial charge is 0.478 e. The Labute approximate surface area is 145 Å². The molecule has 0 heterocycles. The molecule has 0 radical (unpaired) electrons. The molecule has 0 fully saturated rings. The summed E-state index contributed by atoms with van der Waals surface area (Å²) >= 11 is 0. The van der Waals surface area contributed by atoms with Crippen LogP contribution < -0.4 is 14.4 Å². The highest BCUT2D eigenvalue weighted by Gasteiger charge is 2.35. The molecule has 0 aliphatic carbocycles. The summed E-state index contributed by atoms with van der Waals surface area (Å²) in [6.45, 7) is 0. The Morgan fingerprint density at radius 3 is 1.64 bits per heavy atom. The maximum absolute atomic E-state index is 13.6. The lowest BCUT2D eigenvalue weighted by Crippen LogP contribution is -2.21. The highest BCUT2D eigenvalue weighted by molar-refractivity contribution is 7.63. The first-order valence-corrected chi connectivity index (χ1v) is 9.05. The molecule has 6 heteroatoms. The Bertz CT molecular complexity index is 864. The molecule has 0 aliphatic rings. The molecule has 25 heavy (non-hydrogen) atoms. The maximum atomic E-state index is 13.6. The summed E-state index contributed by atoms with van der Waals surface area (Å²) < 4.78 is 24.9. The van der Waals surface area contributed by atoms with Gasteiger partial charge in [0, 0.05) is 0 Å². The van der Waals surface area contributed by atoms with Crippen molar-refractivity contribution in [2.75, 3.05) is 0 Å². The third-order valence-electron chi connectivity index (χ3n) is 3.37. The summed E-state index contributed by atoms with van der Waals surface area (Å²) in [7, 11) is -3.99. The van der Waals surface area contributed by atoms with Crippen LogP contribution in [-0.2, 0) is 4.57 Å². The van der Waals surface area contributed by atoms with Crippen molar-refractivity contribution in [1.29, 1.82) is 0 Å². The molecule has 126 valence electrons. The summed E-state index contributed by atoms with van der Waals surface area (Å²) in [4.78, 5) is 11.5. The van der Waals surface area contributed by atoms with E-state index >= 15 is 0 Å². The minimum atomic E-state index is -3.99. The van der Waals surface area contributed by atoms with E-state index in [9.17, 15) is 14.5 Å². The van der Waals surface area contributed by atoms with E-state index in [1.165, 1.54) is 12.1 Å². The lowest BCUT2D eigenvalue weighted by molar-refractivity contribution is 0.0698. The molecule has 0 bridgehead atoms. The normalized spacial score (nSPS) is 10.9. The second-order valence-electron chi connectivity index (χ2n) is 5.13. The van der Waals surface area contributed by atoms with Crippen molar-refractivity contribution in [3.05, 3.63) is 90.5 Å². The van der Waals surface area contributed by atoms with Gasteiger partial charge in [-0.05, 0) is 36.4 Å². The minimum Gasteiger partial charge on any atom is -0.478 e. The molecule has 3 aromatic rings. The third-order valence-corrected chi connectivity index (χ3v) is 5.25. The summed E-state index contributed by atoms with van der Waals surface area (Å²) in [5, 5.41) is 9.42. The second kappa shape index (κ2) is 7.24. The molecular formula is C19H15O5P. The molecule has 0 saturated carbocycles. The molecule has 0 saturated heterocycles. The van der Waals surface area contributed by atoms with Crippen LogP contribution in [0.2, 0.25) is 0 Å². The number of carbonyl (C=O) groups is 1. The Morgan fingerprint density at radius 1 is 0.720 bits per heavy atom. The lowest BCUT2D eigenvalue weighted by Gasteiger charge is -2.21. The molecule has 0 unspecified atom stereocenters. The predicted octanol–water partition coefficient (Wildman–Crippen LogP) is 4.36. The highest BCUT2D eigenvalue weighted by atomic mass is 31.2. The fraction of sp³-hybridized carbons (Fsp3) is 0. The Hall–Kier alpha value is -3.04. The molecule has 3 aromatic carbocycles. The van der Waals surface area contributed by atoms with Crippen molar-refractivity contribution >= 4 is 18.9 Å². The Kier molecular flexibility index (Phi) is 4.87. The van der Waals surface area contributed by atoms with Gasteiger partial charge in [0.05, 0.1) is 5.56 Å². The van der Waals surface area contributed by atoms with Gasteiger partial charge < -0.3 is 14.2 Å². The Balaban J connectivity index is 2.09. The molecule has 0 atom stereocenters. The molecule has 0 aliphatic heterocycles. The number of rotatable bonds is 6. The van der Waals surface area contributed by atoms with E-state index < -0.39 is 13.6 Å². The zero-order valence-electron chi connectivity index (χ0n) is 13.1. The monoisotopic (exact) mass is 354 g/mol. The topological polar surface area (TPSA) is 72.8 Å². The number of carboxylic acid groups (broad SMARTS) is 1. The first-order valence-electron chi connectivity index (χ1n) is 7.51. The highest BCUT2D eigenvalue weighted by Crippen LogP contribution is 2.48. The van der Waals surface area contributed by atoms with Crippen LogP contribution in [0.1, 0.15) is 10.4 Å². The van der Waals surface area contributed by atoms with Gasteiger partial charge in [0.15, 0.2) is 0 Å². The van der Waals surface area contributed by atoms with E-state index in [-0.39, 0.29) is 10.9 Å². The van der Waals surface area contributed by atoms with Crippen LogP contribution in [0.25, 0.3) is 0 Å². The van der Waals surface area contributed by atoms with Crippen molar-refractivity contribution in [1.82, 2.24) is 0 Å². The Morgan fingerprint density at radius 2 is 1.16 bits per heavy atom. The van der Waals surface area contributed by atoms with E-state index in [0.29, 0.717) is 11.5 Å². The van der Waals surface area contributed by atoms with Gasteiger partial charge in [-0.3, -0.25) is 0 Å². The number of hydrogen-bond acceptors (Lipinski definition) is 4. The van der Waals surface area contributed by atoms with Gasteiger partial charge in [-0.25, -0.2) is 9.36 Å². The second-order valence-corrected chi connectivity index (χ2v) is 6.97. The predicted molar refractivity (Wildman–Crippen MR) is 94.8 cm³/mol. The molecule has 0 aromatic heterocycles. The van der Waals surface area contributed by atoms with Gasteiger partial charge in [0.1, 0.15) is 16.8 Å². The summed E-state index contributed by atoms with van der Waals surface area (Å²) in [6.07, 6.45) is 0. The van der Waals surface area contributed by atoms with Crippen LogP contribution in [0.4, 0.5) is 0 Å². The summed E-state index contributed by atoms with van der Waals surface area (Å²) in [5.74, 6) is -0.562. The maximum Gasteiger partial charge on any atom is 0.463 e. The number of hydrogen-bond donors (Lipinski definition) is 1. The van der Waals surface area contributed by atoms with Crippen LogP contribution in [0.15, 0.2) is 84.9 Å². The quantitative estimate of drug-likeness (QED) is 0.666. The van der Waals surface area contributed by atoms with Crippen molar-refractivity contribution < 1.29 is 23.5 Å². The summed E-state index contributed by atoms with van der Waals surface area (Å²) in [6, 6.07) is 23.0. The van der Waals surface area contributed by atoms with E-state index in [4.69, 9.17) is 9.05 Å². The zero-order chi connectivity index (χ0) is 17.7. The van der Waals surface area contributed by atoms with Crippen LogP contribution in [0.3, 0.4) is 0 Å². The van der Waals surface area contributed by atoms with E-state index in [0.717, 1.165) is 0 Å². The average Bonchev–Trinajstić information content (AvgIpc) is 2.63. The van der Waals surface area contributed by atoms with Gasteiger partial charge in [-0.1, -0.05) is 48.5 Å². The van der Waals surface area contributed by atoms with Gasteiger partial charge in [-0.15, -0.1) is 0 Å².